The highest BCUT2D eigenvalue weighted by Gasteiger charge is 2.16. The molecule has 1 heterocycles. The molecule has 1 aliphatic rings. The Hall–Kier alpha value is -2.82. The molecule has 0 saturated heterocycles. The van der Waals surface area contributed by atoms with Crippen molar-refractivity contribution in [1.82, 2.24) is 5.43 Å². The number of ether oxygens (including phenoxy) is 2. The molecule has 0 atom stereocenters. The van der Waals surface area contributed by atoms with Gasteiger partial charge in [0.05, 0.1) is 5.71 Å². The molecule has 0 fully saturated rings. The Labute approximate surface area is 134 Å². The summed E-state index contributed by atoms with van der Waals surface area (Å²) in [4.78, 5) is 12.3. The van der Waals surface area contributed by atoms with E-state index < -0.39 is 0 Å². The number of carbonyl (C=O) groups is 1. The van der Waals surface area contributed by atoms with Crippen LogP contribution in [0, 0.1) is 0 Å². The standard InChI is InChI=1S/C18H18N2O3/c1-2-6-15(13-7-4-3-5-8-13)19-20-18(21)14-9-10-16-17(11-14)23-12-22-16/h3-5,7-11H,2,6,12H2,1H3,(H,20,21)/b19-15-. The highest BCUT2D eigenvalue weighted by molar-refractivity contribution is 6.02. The lowest BCUT2D eigenvalue weighted by Crippen LogP contribution is -2.20. The topological polar surface area (TPSA) is 59.9 Å². The Kier molecular flexibility index (Phi) is 4.57. The van der Waals surface area contributed by atoms with Gasteiger partial charge >= 0.3 is 0 Å². The zero-order chi connectivity index (χ0) is 16.1. The number of hydrogen-bond donors (Lipinski definition) is 1. The predicted octanol–water partition coefficient (Wildman–Crippen LogP) is 3.35. The molecular weight excluding hydrogens is 292 g/mol. The largest absolute Gasteiger partial charge is 0.454 e. The second-order valence-electron chi connectivity index (χ2n) is 5.18. The molecule has 0 bridgehead atoms. The fourth-order valence-corrected chi connectivity index (χ4v) is 2.35. The second kappa shape index (κ2) is 6.96. The van der Waals surface area contributed by atoms with Crippen LogP contribution in [0.25, 0.3) is 0 Å². The molecule has 5 heteroatoms. The monoisotopic (exact) mass is 310 g/mol. The fourth-order valence-electron chi connectivity index (χ4n) is 2.35. The quantitative estimate of drug-likeness (QED) is 0.680. The lowest BCUT2D eigenvalue weighted by Gasteiger charge is -2.07. The molecule has 0 radical (unpaired) electrons. The third-order valence-electron chi connectivity index (χ3n) is 3.52. The first-order valence-corrected chi connectivity index (χ1v) is 7.60. The van der Waals surface area contributed by atoms with Crippen molar-refractivity contribution in [3.63, 3.8) is 0 Å². The van der Waals surface area contributed by atoms with Crippen molar-refractivity contribution >= 4 is 11.6 Å². The van der Waals surface area contributed by atoms with Crippen molar-refractivity contribution < 1.29 is 14.3 Å². The minimum atomic E-state index is -0.271. The summed E-state index contributed by atoms with van der Waals surface area (Å²) < 4.78 is 10.5. The van der Waals surface area contributed by atoms with Crippen molar-refractivity contribution in [3.05, 3.63) is 59.7 Å². The molecular formula is C18H18N2O3. The van der Waals surface area contributed by atoms with Crippen LogP contribution in [0.3, 0.4) is 0 Å². The van der Waals surface area contributed by atoms with Crippen LogP contribution < -0.4 is 14.9 Å². The van der Waals surface area contributed by atoms with E-state index in [0.717, 1.165) is 24.1 Å². The SMILES string of the molecule is CCC/C(=N/NC(=O)c1ccc2c(c1)OCO2)c1ccccc1. The van der Waals surface area contributed by atoms with Crippen LogP contribution in [0.15, 0.2) is 53.6 Å². The highest BCUT2D eigenvalue weighted by Crippen LogP contribution is 2.32. The number of amides is 1. The van der Waals surface area contributed by atoms with Gasteiger partial charge < -0.3 is 9.47 Å². The Balaban J connectivity index is 1.75. The van der Waals surface area contributed by atoms with Gasteiger partial charge in [0.25, 0.3) is 5.91 Å². The first-order chi connectivity index (χ1) is 11.3. The number of hydrazone groups is 1. The van der Waals surface area contributed by atoms with E-state index in [9.17, 15) is 4.79 Å². The van der Waals surface area contributed by atoms with Crippen LogP contribution >= 0.6 is 0 Å². The minimum Gasteiger partial charge on any atom is -0.454 e. The average Bonchev–Trinajstić information content (AvgIpc) is 3.06. The predicted molar refractivity (Wildman–Crippen MR) is 87.9 cm³/mol. The Morgan fingerprint density at radius 3 is 2.65 bits per heavy atom. The summed E-state index contributed by atoms with van der Waals surface area (Å²) >= 11 is 0. The number of hydrogen-bond acceptors (Lipinski definition) is 4. The summed E-state index contributed by atoms with van der Waals surface area (Å²) in [6.45, 7) is 2.27. The highest BCUT2D eigenvalue weighted by atomic mass is 16.7. The van der Waals surface area contributed by atoms with Gasteiger partial charge in [-0.25, -0.2) is 5.43 Å². The summed E-state index contributed by atoms with van der Waals surface area (Å²) in [7, 11) is 0. The number of fused-ring (bicyclic) bond motifs is 1. The summed E-state index contributed by atoms with van der Waals surface area (Å²) in [6.07, 6.45) is 1.75. The smallest absolute Gasteiger partial charge is 0.271 e. The van der Waals surface area contributed by atoms with E-state index in [1.807, 2.05) is 30.3 Å². The van der Waals surface area contributed by atoms with Gasteiger partial charge in [-0.05, 0) is 30.2 Å². The number of benzene rings is 2. The van der Waals surface area contributed by atoms with Gasteiger partial charge in [-0.1, -0.05) is 43.7 Å². The zero-order valence-electron chi connectivity index (χ0n) is 12.9. The summed E-state index contributed by atoms with van der Waals surface area (Å²) in [5.74, 6) is 0.965. The second-order valence-corrected chi connectivity index (χ2v) is 5.18. The van der Waals surface area contributed by atoms with Gasteiger partial charge in [-0.15, -0.1) is 0 Å². The maximum absolute atomic E-state index is 12.3. The van der Waals surface area contributed by atoms with E-state index in [4.69, 9.17) is 9.47 Å². The zero-order valence-corrected chi connectivity index (χ0v) is 12.9. The van der Waals surface area contributed by atoms with Crippen LogP contribution in [0.4, 0.5) is 0 Å². The Bertz CT molecular complexity index is 726. The van der Waals surface area contributed by atoms with E-state index in [1.54, 1.807) is 18.2 Å². The summed E-state index contributed by atoms with van der Waals surface area (Å²) in [6, 6.07) is 14.9. The van der Waals surface area contributed by atoms with Gasteiger partial charge in [0.15, 0.2) is 11.5 Å². The first-order valence-electron chi connectivity index (χ1n) is 7.60. The lowest BCUT2D eigenvalue weighted by atomic mass is 10.1. The number of nitrogens with zero attached hydrogens (tertiary/aromatic N) is 1. The first kappa shape index (κ1) is 15.1. The van der Waals surface area contributed by atoms with Crippen molar-refractivity contribution in [2.75, 3.05) is 6.79 Å². The van der Waals surface area contributed by atoms with Gasteiger partial charge in [0.1, 0.15) is 0 Å². The van der Waals surface area contributed by atoms with E-state index in [-0.39, 0.29) is 12.7 Å². The molecule has 1 amide bonds. The molecule has 23 heavy (non-hydrogen) atoms. The molecule has 0 unspecified atom stereocenters. The molecule has 0 aliphatic carbocycles. The molecule has 118 valence electrons. The molecule has 2 aromatic rings. The number of nitrogens with one attached hydrogen (secondary N) is 1. The van der Waals surface area contributed by atoms with Crippen molar-refractivity contribution in [1.29, 1.82) is 0 Å². The van der Waals surface area contributed by atoms with Crippen LogP contribution in [0.2, 0.25) is 0 Å². The Morgan fingerprint density at radius 2 is 1.87 bits per heavy atom. The van der Waals surface area contributed by atoms with Crippen molar-refractivity contribution in [3.8, 4) is 11.5 Å². The van der Waals surface area contributed by atoms with Crippen molar-refractivity contribution in [2.45, 2.75) is 19.8 Å². The van der Waals surface area contributed by atoms with Gasteiger partial charge in [0.2, 0.25) is 6.79 Å². The van der Waals surface area contributed by atoms with E-state index >= 15 is 0 Å². The summed E-state index contributed by atoms with van der Waals surface area (Å²) in [5, 5.41) is 4.30. The molecule has 5 nitrogen and oxygen atoms in total. The van der Waals surface area contributed by atoms with Crippen LogP contribution in [0.1, 0.15) is 35.7 Å². The van der Waals surface area contributed by atoms with Crippen molar-refractivity contribution in [2.24, 2.45) is 5.10 Å². The number of rotatable bonds is 5. The normalized spacial score (nSPS) is 13.0. The molecule has 1 N–H and O–H groups in total. The van der Waals surface area contributed by atoms with Gasteiger partial charge in [0, 0.05) is 5.56 Å². The molecule has 2 aromatic carbocycles. The molecule has 1 aliphatic heterocycles. The van der Waals surface area contributed by atoms with Crippen LogP contribution in [-0.2, 0) is 0 Å². The molecule has 0 spiro atoms. The maximum atomic E-state index is 12.3. The van der Waals surface area contributed by atoms with Crippen LogP contribution in [0.5, 0.6) is 11.5 Å². The average molecular weight is 310 g/mol. The maximum Gasteiger partial charge on any atom is 0.271 e. The van der Waals surface area contributed by atoms with Gasteiger partial charge in [-0.3, -0.25) is 4.79 Å². The summed E-state index contributed by atoms with van der Waals surface area (Å²) in [5.41, 5.74) is 4.99. The molecule has 0 aromatic heterocycles. The fraction of sp³-hybridized carbons (Fsp3) is 0.222. The Morgan fingerprint density at radius 1 is 1.09 bits per heavy atom. The van der Waals surface area contributed by atoms with Gasteiger partial charge in [-0.2, -0.15) is 5.10 Å². The number of carbonyl (C=O) groups excluding carboxylic acids is 1. The molecule has 0 saturated carbocycles. The van der Waals surface area contributed by atoms with Crippen LogP contribution in [-0.4, -0.2) is 18.4 Å². The van der Waals surface area contributed by atoms with E-state index in [1.165, 1.54) is 0 Å². The minimum absolute atomic E-state index is 0.188. The lowest BCUT2D eigenvalue weighted by molar-refractivity contribution is 0.0954. The molecule has 3 rings (SSSR count). The third kappa shape index (κ3) is 3.51. The van der Waals surface area contributed by atoms with E-state index in [0.29, 0.717) is 17.1 Å². The van der Waals surface area contributed by atoms with E-state index in [2.05, 4.69) is 17.5 Å². The third-order valence-corrected chi connectivity index (χ3v) is 3.52.